The van der Waals surface area contributed by atoms with Crippen LogP contribution in [0.3, 0.4) is 0 Å². The average molecular weight is 395 g/mol. The number of rotatable bonds is 2. The van der Waals surface area contributed by atoms with Crippen LogP contribution >= 0.6 is 0 Å². The van der Waals surface area contributed by atoms with Crippen LogP contribution in [0.4, 0.5) is 0 Å². The predicted octanol–water partition coefficient (Wildman–Crippen LogP) is 8.79. The highest BCUT2D eigenvalue weighted by Crippen LogP contribution is 2.45. The molecular weight excluding hydrogens is 372 g/mol. The summed E-state index contributed by atoms with van der Waals surface area (Å²) in [6.07, 6.45) is 0. The molecule has 0 aliphatic carbocycles. The Morgan fingerprint density at radius 1 is 0.387 bits per heavy atom. The van der Waals surface area contributed by atoms with Crippen LogP contribution in [-0.2, 0) is 0 Å². The summed E-state index contributed by atoms with van der Waals surface area (Å²) in [5, 5.41) is 7.77. The van der Waals surface area contributed by atoms with Crippen LogP contribution in [0, 0.1) is 6.92 Å². The maximum Gasteiger partial charge on any atom is -0.00201 e. The van der Waals surface area contributed by atoms with Gasteiger partial charge in [0.05, 0.1) is 0 Å². The molecule has 31 heavy (non-hydrogen) atoms. The molecule has 0 amide bonds. The predicted molar refractivity (Wildman–Crippen MR) is 135 cm³/mol. The van der Waals surface area contributed by atoms with E-state index in [2.05, 4.69) is 122 Å². The third-order valence-electron chi connectivity index (χ3n) is 6.33. The fraction of sp³-hybridized carbons (Fsp3) is 0.0323. The van der Waals surface area contributed by atoms with Gasteiger partial charge in [0.25, 0.3) is 0 Å². The molecule has 0 radical (unpaired) electrons. The quantitative estimate of drug-likeness (QED) is 0.257. The first-order chi connectivity index (χ1) is 15.3. The lowest BCUT2D eigenvalue weighted by molar-refractivity contribution is 1.47. The zero-order valence-corrected chi connectivity index (χ0v) is 17.5. The molecular formula is C31H22. The first-order valence-electron chi connectivity index (χ1n) is 10.8. The van der Waals surface area contributed by atoms with Gasteiger partial charge in [-0.25, -0.2) is 0 Å². The molecule has 0 heteroatoms. The number of benzene rings is 6. The van der Waals surface area contributed by atoms with Crippen molar-refractivity contribution in [1.82, 2.24) is 0 Å². The van der Waals surface area contributed by atoms with Crippen LogP contribution in [0.25, 0.3) is 54.6 Å². The highest BCUT2D eigenvalue weighted by Gasteiger charge is 2.17. The molecule has 0 bridgehead atoms. The minimum absolute atomic E-state index is 1.27. The molecule has 0 nitrogen and oxygen atoms in total. The molecule has 0 unspecified atom stereocenters. The van der Waals surface area contributed by atoms with Gasteiger partial charge in [0, 0.05) is 0 Å². The molecule has 0 heterocycles. The topological polar surface area (TPSA) is 0 Å². The van der Waals surface area contributed by atoms with Crippen molar-refractivity contribution in [2.24, 2.45) is 0 Å². The van der Waals surface area contributed by atoms with Crippen LogP contribution in [0.15, 0.2) is 115 Å². The van der Waals surface area contributed by atoms with Gasteiger partial charge in [0.1, 0.15) is 0 Å². The number of aryl methyl sites for hydroxylation is 1. The van der Waals surface area contributed by atoms with Gasteiger partial charge in [0.15, 0.2) is 0 Å². The number of hydrogen-bond donors (Lipinski definition) is 0. The number of fused-ring (bicyclic) bond motifs is 3. The van der Waals surface area contributed by atoms with E-state index in [9.17, 15) is 0 Å². The Bertz CT molecular complexity index is 1510. The molecule has 0 fully saturated rings. The maximum absolute atomic E-state index is 2.27. The van der Waals surface area contributed by atoms with E-state index in [1.807, 2.05) is 0 Å². The standard InChI is InChI=1S/C31H22/c1-21-17-19-23(20-18-21)30-26-12-4-6-14-28(26)31(29-15-7-5-13-27(29)30)25-16-8-10-22-9-2-3-11-24(22)25/h2-20H,1H3. The van der Waals surface area contributed by atoms with E-state index < -0.39 is 0 Å². The van der Waals surface area contributed by atoms with Crippen LogP contribution in [0.2, 0.25) is 0 Å². The lowest BCUT2D eigenvalue weighted by Crippen LogP contribution is -1.91. The van der Waals surface area contributed by atoms with E-state index in [1.165, 1.54) is 60.1 Å². The van der Waals surface area contributed by atoms with Gasteiger partial charge in [-0.3, -0.25) is 0 Å². The third-order valence-corrected chi connectivity index (χ3v) is 6.33. The largest absolute Gasteiger partial charge is 0.0616 e. The van der Waals surface area contributed by atoms with Crippen LogP contribution in [0.1, 0.15) is 5.56 Å². The summed E-state index contributed by atoms with van der Waals surface area (Å²) in [6, 6.07) is 42.0. The molecule has 0 saturated heterocycles. The first kappa shape index (κ1) is 17.9. The second-order valence-electron chi connectivity index (χ2n) is 8.23. The minimum Gasteiger partial charge on any atom is -0.0616 e. The van der Waals surface area contributed by atoms with E-state index in [4.69, 9.17) is 0 Å². The fourth-order valence-corrected chi connectivity index (χ4v) is 4.89. The average Bonchev–Trinajstić information content (AvgIpc) is 2.83. The van der Waals surface area contributed by atoms with Crippen molar-refractivity contribution in [3.63, 3.8) is 0 Å². The molecule has 0 aliphatic rings. The molecule has 6 aromatic rings. The summed E-state index contributed by atoms with van der Waals surface area (Å²) in [6.45, 7) is 2.14. The molecule has 146 valence electrons. The van der Waals surface area contributed by atoms with Crippen molar-refractivity contribution in [2.45, 2.75) is 6.92 Å². The van der Waals surface area contributed by atoms with Gasteiger partial charge in [-0.05, 0) is 61.5 Å². The van der Waals surface area contributed by atoms with E-state index in [-0.39, 0.29) is 0 Å². The van der Waals surface area contributed by atoms with Crippen molar-refractivity contribution < 1.29 is 0 Å². The maximum atomic E-state index is 2.27. The van der Waals surface area contributed by atoms with Crippen LogP contribution in [0.5, 0.6) is 0 Å². The smallest absolute Gasteiger partial charge is 0.00201 e. The van der Waals surface area contributed by atoms with E-state index in [1.54, 1.807) is 0 Å². The van der Waals surface area contributed by atoms with Gasteiger partial charge < -0.3 is 0 Å². The van der Waals surface area contributed by atoms with E-state index in [0.717, 1.165) is 0 Å². The number of hydrogen-bond acceptors (Lipinski definition) is 0. The van der Waals surface area contributed by atoms with Crippen molar-refractivity contribution in [1.29, 1.82) is 0 Å². The Balaban J connectivity index is 1.82. The Morgan fingerprint density at radius 2 is 0.871 bits per heavy atom. The second-order valence-corrected chi connectivity index (χ2v) is 8.23. The van der Waals surface area contributed by atoms with E-state index in [0.29, 0.717) is 0 Å². The summed E-state index contributed by atoms with van der Waals surface area (Å²) in [5.41, 5.74) is 6.47. The molecule has 0 atom stereocenters. The monoisotopic (exact) mass is 394 g/mol. The van der Waals surface area contributed by atoms with Crippen molar-refractivity contribution >= 4 is 32.3 Å². The highest BCUT2D eigenvalue weighted by molar-refractivity contribution is 6.23. The Labute approximate surface area is 182 Å². The molecule has 0 N–H and O–H groups in total. The van der Waals surface area contributed by atoms with Gasteiger partial charge >= 0.3 is 0 Å². The van der Waals surface area contributed by atoms with Crippen LogP contribution < -0.4 is 0 Å². The van der Waals surface area contributed by atoms with Gasteiger partial charge in [-0.1, -0.05) is 121 Å². The van der Waals surface area contributed by atoms with Gasteiger partial charge in [-0.15, -0.1) is 0 Å². The second kappa shape index (κ2) is 7.11. The van der Waals surface area contributed by atoms with E-state index >= 15 is 0 Å². The summed E-state index contributed by atoms with van der Waals surface area (Å²) < 4.78 is 0. The molecule has 6 aromatic carbocycles. The zero-order chi connectivity index (χ0) is 20.8. The minimum atomic E-state index is 1.27. The molecule has 0 spiro atoms. The normalized spacial score (nSPS) is 11.4. The third kappa shape index (κ3) is 2.84. The zero-order valence-electron chi connectivity index (χ0n) is 17.5. The summed E-state index contributed by atoms with van der Waals surface area (Å²) in [5.74, 6) is 0. The SMILES string of the molecule is Cc1ccc(-c2c3ccccc3c(-c3cccc4ccccc34)c3ccccc23)cc1. The van der Waals surface area contributed by atoms with Crippen molar-refractivity contribution in [3.8, 4) is 22.3 Å². The summed E-state index contributed by atoms with van der Waals surface area (Å²) in [7, 11) is 0. The molecule has 0 aromatic heterocycles. The van der Waals surface area contributed by atoms with Gasteiger partial charge in [0.2, 0.25) is 0 Å². The summed E-state index contributed by atoms with van der Waals surface area (Å²) >= 11 is 0. The van der Waals surface area contributed by atoms with Crippen LogP contribution in [-0.4, -0.2) is 0 Å². The highest BCUT2D eigenvalue weighted by atomic mass is 14.2. The van der Waals surface area contributed by atoms with Gasteiger partial charge in [-0.2, -0.15) is 0 Å². The Hall–Kier alpha value is -3.90. The molecule has 6 rings (SSSR count). The lowest BCUT2D eigenvalue weighted by atomic mass is 9.84. The fourth-order valence-electron chi connectivity index (χ4n) is 4.89. The van der Waals surface area contributed by atoms with Crippen molar-refractivity contribution in [2.75, 3.05) is 0 Å². The first-order valence-corrected chi connectivity index (χ1v) is 10.8. The summed E-state index contributed by atoms with van der Waals surface area (Å²) in [4.78, 5) is 0. The Morgan fingerprint density at radius 3 is 1.48 bits per heavy atom. The molecule has 0 aliphatic heterocycles. The lowest BCUT2D eigenvalue weighted by Gasteiger charge is -2.18. The van der Waals surface area contributed by atoms with Crippen molar-refractivity contribution in [3.05, 3.63) is 121 Å². The Kier molecular flexibility index (Phi) is 4.11. The molecule has 0 saturated carbocycles.